The average molecular weight is 199 g/mol. The molecule has 0 saturated heterocycles. The number of methoxy groups -OCH3 is 1. The normalized spacial score (nSPS) is 10.6. The molecule has 0 amide bonds. The monoisotopic (exact) mass is 199 g/mol. The first-order chi connectivity index (χ1) is 6.26. The number of hydrogen-bond acceptors (Lipinski definition) is 5. The van der Waals surface area contributed by atoms with Crippen LogP contribution in [-0.4, -0.2) is 23.2 Å². The van der Waals surface area contributed by atoms with Crippen molar-refractivity contribution in [2.75, 3.05) is 7.11 Å². The van der Waals surface area contributed by atoms with Crippen LogP contribution in [0, 0.1) is 0 Å². The van der Waals surface area contributed by atoms with Gasteiger partial charge in [-0.05, 0) is 6.08 Å². The second-order valence-electron chi connectivity index (χ2n) is 2.18. The zero-order valence-electron chi connectivity index (χ0n) is 7.06. The minimum Gasteiger partial charge on any atom is -0.466 e. The molecule has 1 N–H and O–H groups in total. The lowest BCUT2D eigenvalue weighted by Crippen LogP contribution is -1.92. The van der Waals surface area contributed by atoms with Crippen LogP contribution < -0.4 is 0 Å². The Morgan fingerprint density at radius 3 is 3.15 bits per heavy atom. The maximum absolute atomic E-state index is 10.7. The van der Waals surface area contributed by atoms with Gasteiger partial charge >= 0.3 is 5.97 Å². The van der Waals surface area contributed by atoms with Gasteiger partial charge in [0.2, 0.25) is 0 Å². The fourth-order valence-electron chi connectivity index (χ4n) is 0.680. The third-order valence-electron chi connectivity index (χ3n) is 1.29. The standard InChI is InChI=1S/C8H9NO3S/c1-12-8(11)3-2-7-9-4-6(5-10)13-7/h2-4,10H,5H2,1H3. The van der Waals surface area contributed by atoms with Gasteiger partial charge in [-0.3, -0.25) is 0 Å². The molecule has 70 valence electrons. The molecule has 0 aliphatic rings. The van der Waals surface area contributed by atoms with Crippen molar-refractivity contribution in [3.8, 4) is 0 Å². The predicted octanol–water partition coefficient (Wildman–Crippen LogP) is 0.822. The summed E-state index contributed by atoms with van der Waals surface area (Å²) >= 11 is 1.33. The van der Waals surface area contributed by atoms with E-state index in [2.05, 4.69) is 9.72 Å². The first-order valence-corrected chi connectivity index (χ1v) is 4.39. The van der Waals surface area contributed by atoms with Gasteiger partial charge in [-0.25, -0.2) is 9.78 Å². The molecule has 0 unspecified atom stereocenters. The molecule has 0 aliphatic heterocycles. The van der Waals surface area contributed by atoms with Gasteiger partial charge in [-0.2, -0.15) is 0 Å². The van der Waals surface area contributed by atoms with Crippen LogP contribution in [-0.2, 0) is 16.1 Å². The van der Waals surface area contributed by atoms with Crippen molar-refractivity contribution in [1.82, 2.24) is 4.98 Å². The number of aliphatic hydroxyl groups excluding tert-OH is 1. The van der Waals surface area contributed by atoms with Gasteiger partial charge in [0, 0.05) is 12.3 Å². The van der Waals surface area contributed by atoms with Crippen molar-refractivity contribution in [1.29, 1.82) is 0 Å². The van der Waals surface area contributed by atoms with Crippen molar-refractivity contribution >= 4 is 23.4 Å². The summed E-state index contributed by atoms with van der Waals surface area (Å²) in [5.41, 5.74) is 0. The molecule has 13 heavy (non-hydrogen) atoms. The zero-order valence-corrected chi connectivity index (χ0v) is 7.87. The second-order valence-corrected chi connectivity index (χ2v) is 3.33. The Hall–Kier alpha value is -1.20. The number of hydrogen-bond donors (Lipinski definition) is 1. The van der Waals surface area contributed by atoms with E-state index in [0.717, 1.165) is 4.88 Å². The van der Waals surface area contributed by atoms with Crippen LogP contribution in [0.5, 0.6) is 0 Å². The quantitative estimate of drug-likeness (QED) is 0.578. The molecule has 0 spiro atoms. The molecule has 1 rings (SSSR count). The molecule has 0 saturated carbocycles. The molecule has 1 aromatic rings. The van der Waals surface area contributed by atoms with E-state index in [1.165, 1.54) is 24.5 Å². The smallest absolute Gasteiger partial charge is 0.330 e. The molecule has 0 radical (unpaired) electrons. The number of rotatable bonds is 3. The van der Waals surface area contributed by atoms with Crippen molar-refractivity contribution in [3.63, 3.8) is 0 Å². The van der Waals surface area contributed by atoms with Gasteiger partial charge in [-0.15, -0.1) is 11.3 Å². The highest BCUT2D eigenvalue weighted by Crippen LogP contribution is 2.13. The molecule has 5 heteroatoms. The summed E-state index contributed by atoms with van der Waals surface area (Å²) in [7, 11) is 1.31. The van der Waals surface area contributed by atoms with Crippen LogP contribution in [0.3, 0.4) is 0 Å². The average Bonchev–Trinajstić information content (AvgIpc) is 2.61. The van der Waals surface area contributed by atoms with Gasteiger partial charge in [-0.1, -0.05) is 0 Å². The molecular weight excluding hydrogens is 190 g/mol. The van der Waals surface area contributed by atoms with Gasteiger partial charge < -0.3 is 9.84 Å². The van der Waals surface area contributed by atoms with E-state index in [4.69, 9.17) is 5.11 Å². The summed E-state index contributed by atoms with van der Waals surface area (Å²) in [5.74, 6) is -0.416. The Kier molecular flexibility index (Phi) is 3.60. The molecule has 0 atom stereocenters. The summed E-state index contributed by atoms with van der Waals surface area (Å²) in [4.78, 5) is 15.4. The van der Waals surface area contributed by atoms with Crippen LogP contribution in [0.15, 0.2) is 12.3 Å². The van der Waals surface area contributed by atoms with E-state index in [1.807, 2.05) is 0 Å². The van der Waals surface area contributed by atoms with Gasteiger partial charge in [0.1, 0.15) is 5.01 Å². The minimum atomic E-state index is -0.416. The van der Waals surface area contributed by atoms with Gasteiger partial charge in [0.05, 0.1) is 18.6 Å². The van der Waals surface area contributed by atoms with Crippen LogP contribution >= 0.6 is 11.3 Å². The first-order valence-electron chi connectivity index (χ1n) is 3.58. The van der Waals surface area contributed by atoms with Crippen LogP contribution in [0.2, 0.25) is 0 Å². The van der Waals surface area contributed by atoms with E-state index in [9.17, 15) is 4.79 Å². The molecule has 4 nitrogen and oxygen atoms in total. The van der Waals surface area contributed by atoms with E-state index >= 15 is 0 Å². The molecule has 0 bridgehead atoms. The Morgan fingerprint density at radius 2 is 2.62 bits per heavy atom. The van der Waals surface area contributed by atoms with Crippen molar-refractivity contribution in [2.24, 2.45) is 0 Å². The fraction of sp³-hybridized carbons (Fsp3) is 0.250. The fourth-order valence-corrected chi connectivity index (χ4v) is 1.36. The van der Waals surface area contributed by atoms with E-state index in [-0.39, 0.29) is 6.61 Å². The number of ether oxygens (including phenoxy) is 1. The highest BCUT2D eigenvalue weighted by atomic mass is 32.1. The zero-order chi connectivity index (χ0) is 9.68. The summed E-state index contributed by atoms with van der Waals surface area (Å²) in [6.07, 6.45) is 4.41. The highest BCUT2D eigenvalue weighted by molar-refractivity contribution is 7.12. The predicted molar refractivity (Wildman–Crippen MR) is 49.1 cm³/mol. The largest absolute Gasteiger partial charge is 0.466 e. The number of carbonyl (C=O) groups is 1. The summed E-state index contributed by atoms with van der Waals surface area (Å²) in [6.45, 7) is -0.0241. The summed E-state index contributed by atoms with van der Waals surface area (Å²) < 4.78 is 4.41. The molecule has 0 aromatic carbocycles. The Balaban J connectivity index is 2.63. The van der Waals surface area contributed by atoms with Crippen LogP contribution in [0.4, 0.5) is 0 Å². The highest BCUT2D eigenvalue weighted by Gasteiger charge is 1.97. The van der Waals surface area contributed by atoms with E-state index in [1.54, 1.807) is 12.3 Å². The first kappa shape index (κ1) is 9.88. The number of carbonyl (C=O) groups excluding carboxylic acids is 1. The maximum atomic E-state index is 10.7. The topological polar surface area (TPSA) is 59.4 Å². The van der Waals surface area contributed by atoms with Crippen LogP contribution in [0.1, 0.15) is 9.88 Å². The number of esters is 1. The molecular formula is C8H9NO3S. The number of aliphatic hydroxyl groups is 1. The summed E-state index contributed by atoms with van der Waals surface area (Å²) in [5, 5.41) is 9.40. The van der Waals surface area contributed by atoms with E-state index < -0.39 is 5.97 Å². The third kappa shape index (κ3) is 2.96. The van der Waals surface area contributed by atoms with Gasteiger partial charge in [0.25, 0.3) is 0 Å². The maximum Gasteiger partial charge on any atom is 0.330 e. The Morgan fingerprint density at radius 1 is 1.85 bits per heavy atom. The van der Waals surface area contributed by atoms with Gasteiger partial charge in [0.15, 0.2) is 0 Å². The third-order valence-corrected chi connectivity index (χ3v) is 2.24. The summed E-state index contributed by atoms with van der Waals surface area (Å²) in [6, 6.07) is 0. The molecule has 1 aromatic heterocycles. The lowest BCUT2D eigenvalue weighted by Gasteiger charge is -1.87. The molecule has 0 aliphatic carbocycles. The SMILES string of the molecule is COC(=O)C=Cc1ncc(CO)s1. The molecule has 0 fully saturated rings. The van der Waals surface area contributed by atoms with Crippen molar-refractivity contribution in [2.45, 2.75) is 6.61 Å². The number of aromatic nitrogens is 1. The lowest BCUT2D eigenvalue weighted by molar-refractivity contribution is -0.134. The van der Waals surface area contributed by atoms with Crippen LogP contribution in [0.25, 0.3) is 6.08 Å². The molecule has 1 heterocycles. The van der Waals surface area contributed by atoms with E-state index in [0.29, 0.717) is 5.01 Å². The lowest BCUT2D eigenvalue weighted by atomic mass is 10.5. The number of nitrogens with zero attached hydrogens (tertiary/aromatic N) is 1. The second kappa shape index (κ2) is 4.74. The van der Waals surface area contributed by atoms with Crippen molar-refractivity contribution < 1.29 is 14.6 Å². The van der Waals surface area contributed by atoms with Crippen molar-refractivity contribution in [3.05, 3.63) is 22.2 Å². The number of thiazole rings is 1. The minimum absolute atomic E-state index is 0.0241. The Bertz CT molecular complexity index is 319. The Labute approximate surface area is 79.5 Å².